The molecule has 0 N–H and O–H groups in total. The standard InChI is InChI=1S/C58H35N3S/c1-2-14-38(15-3-1)55-59-56(61-57(60-55)47-23-13-22-46-45-21-7-11-27-53(45)62-54(46)47)41-17-12-16-39(34-41)36-28-30-37(31-29-36)40-32-33-52-48(35-40)44-20-6-10-26-51(44)58(52)49-24-8-4-18-42(49)43-19-5-9-25-50(43)58/h1-35H. The Hall–Kier alpha value is -7.79. The molecule has 0 fully saturated rings. The first-order valence-corrected chi connectivity index (χ1v) is 21.9. The number of nitrogens with zero attached hydrogens (tertiary/aromatic N) is 3. The van der Waals surface area contributed by atoms with Crippen molar-refractivity contribution in [1.29, 1.82) is 0 Å². The van der Waals surface area contributed by atoms with Crippen LogP contribution in [0.1, 0.15) is 22.3 Å². The van der Waals surface area contributed by atoms with Crippen LogP contribution in [-0.4, -0.2) is 15.0 Å². The van der Waals surface area contributed by atoms with Crippen LogP contribution in [0, 0.1) is 0 Å². The van der Waals surface area contributed by atoms with Gasteiger partial charge < -0.3 is 0 Å². The smallest absolute Gasteiger partial charge is 0.165 e. The largest absolute Gasteiger partial charge is 0.208 e. The number of hydrogen-bond donors (Lipinski definition) is 0. The monoisotopic (exact) mass is 805 g/mol. The summed E-state index contributed by atoms with van der Waals surface area (Å²) >= 11 is 1.79. The second kappa shape index (κ2) is 13.6. The van der Waals surface area contributed by atoms with Gasteiger partial charge in [-0.1, -0.05) is 188 Å². The minimum atomic E-state index is -0.334. The van der Waals surface area contributed by atoms with Gasteiger partial charge in [-0.15, -0.1) is 11.3 Å². The van der Waals surface area contributed by atoms with Crippen molar-refractivity contribution in [2.24, 2.45) is 0 Å². The summed E-state index contributed by atoms with van der Waals surface area (Å²) in [6.07, 6.45) is 0. The molecule has 11 aromatic rings. The van der Waals surface area contributed by atoms with Gasteiger partial charge >= 0.3 is 0 Å². The van der Waals surface area contributed by atoms with Crippen LogP contribution in [0.2, 0.25) is 0 Å². The fourth-order valence-corrected chi connectivity index (χ4v) is 11.4. The van der Waals surface area contributed by atoms with E-state index in [1.807, 2.05) is 18.2 Å². The first-order valence-electron chi connectivity index (χ1n) is 21.1. The topological polar surface area (TPSA) is 38.7 Å². The Kier molecular flexibility index (Phi) is 7.69. The Morgan fingerprint density at radius 1 is 0.290 bits per heavy atom. The predicted octanol–water partition coefficient (Wildman–Crippen LogP) is 14.9. The molecular weight excluding hydrogens is 771 g/mol. The quantitative estimate of drug-likeness (QED) is 0.174. The van der Waals surface area contributed by atoms with E-state index in [0.29, 0.717) is 17.5 Å². The van der Waals surface area contributed by atoms with E-state index in [0.717, 1.165) is 27.8 Å². The lowest BCUT2D eigenvalue weighted by Crippen LogP contribution is -2.25. The van der Waals surface area contributed by atoms with Gasteiger partial charge in [0, 0.05) is 36.9 Å². The van der Waals surface area contributed by atoms with Crippen molar-refractivity contribution in [3.8, 4) is 78.7 Å². The molecule has 4 heteroatoms. The van der Waals surface area contributed by atoms with Crippen molar-refractivity contribution in [3.05, 3.63) is 235 Å². The van der Waals surface area contributed by atoms with E-state index in [-0.39, 0.29) is 5.41 Å². The molecule has 0 saturated carbocycles. The maximum atomic E-state index is 5.19. The van der Waals surface area contributed by atoms with Crippen LogP contribution in [0.25, 0.3) is 98.8 Å². The van der Waals surface area contributed by atoms with E-state index in [2.05, 4.69) is 194 Å². The van der Waals surface area contributed by atoms with Crippen molar-refractivity contribution in [1.82, 2.24) is 15.0 Å². The lowest BCUT2D eigenvalue weighted by Gasteiger charge is -2.30. The van der Waals surface area contributed by atoms with E-state index < -0.39 is 0 Å². The fraction of sp³-hybridized carbons (Fsp3) is 0.0172. The van der Waals surface area contributed by atoms with Crippen LogP contribution >= 0.6 is 11.3 Å². The molecule has 1 spiro atoms. The second-order valence-corrected chi connectivity index (χ2v) is 17.3. The Balaban J connectivity index is 0.880. The second-order valence-electron chi connectivity index (χ2n) is 16.3. The first-order chi connectivity index (χ1) is 30.7. The molecule has 62 heavy (non-hydrogen) atoms. The molecule has 0 radical (unpaired) electrons. The minimum absolute atomic E-state index is 0.334. The molecule has 9 aromatic carbocycles. The number of aromatic nitrogens is 3. The molecule has 0 aliphatic heterocycles. The molecule has 0 unspecified atom stereocenters. The maximum Gasteiger partial charge on any atom is 0.165 e. The van der Waals surface area contributed by atoms with E-state index in [1.165, 1.54) is 75.8 Å². The lowest BCUT2D eigenvalue weighted by atomic mass is 9.70. The molecule has 0 amide bonds. The molecule has 2 aromatic heterocycles. The van der Waals surface area contributed by atoms with Gasteiger partial charge in [-0.25, -0.2) is 15.0 Å². The van der Waals surface area contributed by atoms with E-state index in [1.54, 1.807) is 11.3 Å². The van der Waals surface area contributed by atoms with Crippen LogP contribution in [0.3, 0.4) is 0 Å². The molecule has 2 aliphatic carbocycles. The number of rotatable bonds is 5. The Morgan fingerprint density at radius 3 is 1.47 bits per heavy atom. The number of thiophene rings is 1. The summed E-state index contributed by atoms with van der Waals surface area (Å²) in [4.78, 5) is 15.4. The lowest BCUT2D eigenvalue weighted by molar-refractivity contribution is 0.794. The highest BCUT2D eigenvalue weighted by Gasteiger charge is 2.51. The summed E-state index contributed by atoms with van der Waals surface area (Å²) in [5.74, 6) is 1.97. The fourth-order valence-electron chi connectivity index (χ4n) is 10.2. The van der Waals surface area contributed by atoms with Gasteiger partial charge in [0.25, 0.3) is 0 Å². The third-order valence-corrected chi connectivity index (χ3v) is 14.2. The van der Waals surface area contributed by atoms with Gasteiger partial charge in [0.2, 0.25) is 0 Å². The van der Waals surface area contributed by atoms with Gasteiger partial charge in [-0.05, 0) is 91.0 Å². The van der Waals surface area contributed by atoms with Gasteiger partial charge in [0.15, 0.2) is 17.5 Å². The summed E-state index contributed by atoms with van der Waals surface area (Å²) in [5.41, 5.74) is 17.9. The molecule has 0 bridgehead atoms. The van der Waals surface area contributed by atoms with Crippen molar-refractivity contribution < 1.29 is 0 Å². The molecule has 2 aliphatic rings. The zero-order valence-corrected chi connectivity index (χ0v) is 34.3. The average Bonchev–Trinajstić information content (AvgIpc) is 3.98. The highest BCUT2D eigenvalue weighted by Crippen LogP contribution is 2.63. The number of hydrogen-bond acceptors (Lipinski definition) is 4. The van der Waals surface area contributed by atoms with Gasteiger partial charge in [0.1, 0.15) is 0 Å². The van der Waals surface area contributed by atoms with Gasteiger partial charge in [-0.3, -0.25) is 0 Å². The first kappa shape index (κ1) is 35.0. The Morgan fingerprint density at radius 2 is 0.758 bits per heavy atom. The van der Waals surface area contributed by atoms with Crippen LogP contribution in [0.15, 0.2) is 212 Å². The molecule has 0 saturated heterocycles. The van der Waals surface area contributed by atoms with E-state index in [9.17, 15) is 0 Å². The van der Waals surface area contributed by atoms with Crippen molar-refractivity contribution in [3.63, 3.8) is 0 Å². The predicted molar refractivity (Wildman–Crippen MR) is 256 cm³/mol. The minimum Gasteiger partial charge on any atom is -0.208 e. The van der Waals surface area contributed by atoms with Crippen LogP contribution in [-0.2, 0) is 5.41 Å². The van der Waals surface area contributed by atoms with Crippen LogP contribution < -0.4 is 0 Å². The number of benzene rings is 9. The van der Waals surface area contributed by atoms with Crippen LogP contribution in [0.5, 0.6) is 0 Å². The highest BCUT2D eigenvalue weighted by atomic mass is 32.1. The highest BCUT2D eigenvalue weighted by molar-refractivity contribution is 7.26. The van der Waals surface area contributed by atoms with E-state index in [4.69, 9.17) is 15.0 Å². The molecule has 0 atom stereocenters. The normalized spacial score (nSPS) is 13.0. The zero-order valence-electron chi connectivity index (χ0n) is 33.5. The van der Waals surface area contributed by atoms with Crippen molar-refractivity contribution in [2.75, 3.05) is 0 Å². The summed E-state index contributed by atoms with van der Waals surface area (Å²) < 4.78 is 2.43. The molecule has 13 rings (SSSR count). The summed E-state index contributed by atoms with van der Waals surface area (Å²) in [6, 6.07) is 76.8. The summed E-state index contributed by atoms with van der Waals surface area (Å²) in [5, 5.41) is 2.47. The Labute approximate surface area is 363 Å². The molecule has 288 valence electrons. The van der Waals surface area contributed by atoms with Crippen molar-refractivity contribution in [2.45, 2.75) is 5.41 Å². The molecular formula is C58H35N3S. The summed E-state index contributed by atoms with van der Waals surface area (Å²) in [7, 11) is 0. The Bertz CT molecular complexity index is 3540. The third kappa shape index (κ3) is 5.14. The van der Waals surface area contributed by atoms with Gasteiger partial charge in [0.05, 0.1) is 5.41 Å². The zero-order chi connectivity index (χ0) is 40.8. The maximum absolute atomic E-state index is 5.19. The van der Waals surface area contributed by atoms with Crippen LogP contribution in [0.4, 0.5) is 0 Å². The third-order valence-electron chi connectivity index (χ3n) is 13.0. The number of fused-ring (bicyclic) bond motifs is 13. The summed E-state index contributed by atoms with van der Waals surface area (Å²) in [6.45, 7) is 0. The molecule has 2 heterocycles. The van der Waals surface area contributed by atoms with E-state index >= 15 is 0 Å². The average molecular weight is 806 g/mol. The van der Waals surface area contributed by atoms with Crippen molar-refractivity contribution >= 4 is 31.5 Å². The molecule has 3 nitrogen and oxygen atoms in total. The SMILES string of the molecule is c1ccc(-c2nc(-c3cccc(-c4ccc(-c5ccc6c(c5)-c5ccccc5C65c6ccccc6-c6ccccc65)cc4)c3)nc(-c3cccc4c3sc3ccccc34)n2)cc1. The van der Waals surface area contributed by atoms with Gasteiger partial charge in [-0.2, -0.15) is 0 Å².